The smallest absolute Gasteiger partial charge is 0.365 e. The standard InChI is InChI=1S/C64H50FN3OSi/c1-38(2)49-36-54-58-51(32-28-39(3)60(58)65)64(66(54)37-56(49)70(4,5)6)52-35-50(41-20-11-8-12-21-41)57-48-26-15-16-27-55(48)69-62(57)59(52)63-67(44-24-17-23-43(34-44)40-18-9-7-10-19-40)53-33-31-46-45-25-14-13-22-42(45)29-30-47(46)61(53)68(63)64/h7-38H,1-6H3/q+2/i38D. The minimum Gasteiger partial charge on any atom is -0.455 e. The number of furan rings is 1. The van der Waals surface area contributed by atoms with Crippen LogP contribution in [0.4, 0.5) is 4.39 Å². The van der Waals surface area contributed by atoms with E-state index in [1.165, 1.54) is 16.0 Å². The summed E-state index contributed by atoms with van der Waals surface area (Å²) in [6, 6.07) is 64.9. The maximum Gasteiger partial charge on any atom is 0.365 e. The van der Waals surface area contributed by atoms with Crippen LogP contribution in [0.3, 0.4) is 0 Å². The van der Waals surface area contributed by atoms with E-state index in [2.05, 4.69) is 209 Å². The van der Waals surface area contributed by atoms with Crippen LogP contribution in [0, 0.1) is 12.7 Å². The average molecular weight is 925 g/mol. The SMILES string of the molecule is [2H]C(C)(C)c1cc2[n+](cc1[Si](C)(C)C)C1(c3ccc(C)c(F)c3-2)c2cc(-c3ccccc3)c3c(oc4ccccc43)c2-c2n(-c3cccc(-c4ccccc4)c3)c3ccc4c5ccccc5ccc4c3[n+]21. The molecule has 0 bridgehead atoms. The number of fused-ring (bicyclic) bond motifs is 20. The molecule has 2 aliphatic rings. The zero-order chi connectivity index (χ0) is 48.3. The summed E-state index contributed by atoms with van der Waals surface area (Å²) in [6.07, 6.45) is 2.33. The first-order valence-electron chi connectivity index (χ1n) is 24.9. The minimum atomic E-state index is -2.22. The van der Waals surface area contributed by atoms with Crippen molar-refractivity contribution in [3.05, 3.63) is 216 Å². The second-order valence-corrected chi connectivity index (χ2v) is 25.7. The van der Waals surface area contributed by atoms with Crippen molar-refractivity contribution in [2.45, 2.75) is 52.0 Å². The van der Waals surface area contributed by atoms with Gasteiger partial charge in [-0.05, 0) is 111 Å². The molecule has 0 radical (unpaired) electrons. The van der Waals surface area contributed by atoms with Gasteiger partial charge in [0.2, 0.25) is 5.69 Å². The van der Waals surface area contributed by atoms with Crippen molar-refractivity contribution in [3.63, 3.8) is 0 Å². The molecule has 3 aromatic heterocycles. The van der Waals surface area contributed by atoms with Crippen molar-refractivity contribution in [2.24, 2.45) is 0 Å². The Hall–Kier alpha value is -7.93. The van der Waals surface area contributed by atoms with Crippen molar-refractivity contribution in [1.29, 1.82) is 0 Å². The molecule has 1 spiro atoms. The molecular formula is C64H50FN3OSi+2. The molecular weight excluding hydrogens is 874 g/mol. The summed E-state index contributed by atoms with van der Waals surface area (Å²) in [5.74, 6) is -0.261. The molecule has 1 atom stereocenters. The Morgan fingerprint density at radius 3 is 2.11 bits per heavy atom. The molecule has 2 aliphatic heterocycles. The van der Waals surface area contributed by atoms with Crippen LogP contribution < -0.4 is 14.3 Å². The van der Waals surface area contributed by atoms with E-state index in [1.54, 1.807) is 0 Å². The van der Waals surface area contributed by atoms with Gasteiger partial charge in [0.25, 0.3) is 0 Å². The highest BCUT2D eigenvalue weighted by Gasteiger charge is 2.68. The van der Waals surface area contributed by atoms with Gasteiger partial charge in [-0.3, -0.25) is 0 Å². The van der Waals surface area contributed by atoms with Crippen LogP contribution in [0.5, 0.6) is 0 Å². The normalized spacial score (nSPS) is 15.3. The Kier molecular flexibility index (Phi) is 8.31. The lowest BCUT2D eigenvalue weighted by atomic mass is 9.85. The highest BCUT2D eigenvalue weighted by atomic mass is 28.3. The van der Waals surface area contributed by atoms with Gasteiger partial charge in [0.05, 0.1) is 24.8 Å². The zero-order valence-electron chi connectivity index (χ0n) is 41.0. The van der Waals surface area contributed by atoms with Crippen molar-refractivity contribution >= 4 is 67.8 Å². The van der Waals surface area contributed by atoms with Gasteiger partial charge in [0.1, 0.15) is 22.7 Å². The van der Waals surface area contributed by atoms with E-state index in [-0.39, 0.29) is 5.82 Å². The van der Waals surface area contributed by atoms with E-state index in [9.17, 15) is 1.37 Å². The molecule has 70 heavy (non-hydrogen) atoms. The first-order chi connectivity index (χ1) is 34.3. The van der Waals surface area contributed by atoms with Crippen LogP contribution in [0.15, 0.2) is 193 Å². The number of aryl methyl sites for hydroxylation is 1. The van der Waals surface area contributed by atoms with Crippen LogP contribution in [0.1, 0.15) is 43.4 Å². The number of para-hydroxylation sites is 1. The van der Waals surface area contributed by atoms with Gasteiger partial charge < -0.3 is 4.42 Å². The molecule has 5 heterocycles. The van der Waals surface area contributed by atoms with E-state index in [0.29, 0.717) is 11.1 Å². The summed E-state index contributed by atoms with van der Waals surface area (Å²) in [5.41, 5.74) is 13.4. The van der Waals surface area contributed by atoms with Crippen LogP contribution >= 0.6 is 0 Å². The Balaban J connectivity index is 1.29. The summed E-state index contributed by atoms with van der Waals surface area (Å²) in [6.45, 7) is 12.9. The van der Waals surface area contributed by atoms with Gasteiger partial charge in [0.15, 0.2) is 22.8 Å². The van der Waals surface area contributed by atoms with Crippen molar-refractivity contribution in [3.8, 4) is 50.6 Å². The molecule has 0 amide bonds. The number of halogens is 1. The van der Waals surface area contributed by atoms with Crippen LogP contribution in [0.25, 0.3) is 105 Å². The van der Waals surface area contributed by atoms with Crippen LogP contribution in [0.2, 0.25) is 19.6 Å². The molecule has 0 N–H and O–H groups in total. The summed E-state index contributed by atoms with van der Waals surface area (Å²) >= 11 is 0. The number of hydrogen-bond acceptors (Lipinski definition) is 1. The summed E-state index contributed by atoms with van der Waals surface area (Å²) < 4.78 is 42.5. The summed E-state index contributed by atoms with van der Waals surface area (Å²) in [7, 11) is -2.22. The third-order valence-electron chi connectivity index (χ3n) is 15.4. The third kappa shape index (κ3) is 5.40. The summed E-state index contributed by atoms with van der Waals surface area (Å²) in [5, 5.41) is 7.80. The molecule has 4 nitrogen and oxygen atoms in total. The fourth-order valence-corrected chi connectivity index (χ4v) is 13.9. The van der Waals surface area contributed by atoms with Crippen molar-refractivity contribution in [2.75, 3.05) is 0 Å². The van der Waals surface area contributed by atoms with E-state index in [4.69, 9.17) is 4.42 Å². The number of pyridine rings is 1. The van der Waals surface area contributed by atoms with Gasteiger partial charge in [0, 0.05) is 28.8 Å². The van der Waals surface area contributed by atoms with Gasteiger partial charge in [-0.1, -0.05) is 161 Å². The second kappa shape index (κ2) is 14.5. The fraction of sp³-hybridized carbons (Fsp3) is 0.125. The quantitative estimate of drug-likeness (QED) is 0.0959. The van der Waals surface area contributed by atoms with Gasteiger partial charge in [-0.2, -0.15) is 4.57 Å². The molecule has 336 valence electrons. The topological polar surface area (TPSA) is 25.8 Å². The lowest BCUT2D eigenvalue weighted by Crippen LogP contribution is -2.72. The number of imidazole rings is 1. The lowest BCUT2D eigenvalue weighted by molar-refractivity contribution is -0.944. The van der Waals surface area contributed by atoms with E-state index >= 15 is 4.39 Å². The number of hydrogen-bond donors (Lipinski definition) is 0. The number of nitrogens with zero attached hydrogens (tertiary/aromatic N) is 3. The molecule has 6 heteroatoms. The molecule has 0 aliphatic carbocycles. The van der Waals surface area contributed by atoms with Gasteiger partial charge in [-0.15, -0.1) is 9.13 Å². The Labute approximate surface area is 408 Å². The Morgan fingerprint density at radius 2 is 1.34 bits per heavy atom. The third-order valence-corrected chi connectivity index (χ3v) is 17.4. The largest absolute Gasteiger partial charge is 0.455 e. The Bertz CT molecular complexity index is 4280. The monoisotopic (exact) mass is 924 g/mol. The number of benzene rings is 9. The zero-order valence-corrected chi connectivity index (χ0v) is 41.0. The molecule has 12 aromatic rings. The molecule has 1 unspecified atom stereocenters. The Morgan fingerprint density at radius 1 is 0.643 bits per heavy atom. The van der Waals surface area contributed by atoms with Crippen molar-refractivity contribution < 1.29 is 19.3 Å². The minimum absolute atomic E-state index is 0.249. The first kappa shape index (κ1) is 40.0. The van der Waals surface area contributed by atoms with Gasteiger partial charge in [-0.25, -0.2) is 4.39 Å². The molecule has 0 saturated carbocycles. The average Bonchev–Trinajstić information content (AvgIpc) is 4.11. The van der Waals surface area contributed by atoms with Gasteiger partial charge >= 0.3 is 11.5 Å². The van der Waals surface area contributed by atoms with Crippen LogP contribution in [-0.4, -0.2) is 12.6 Å². The van der Waals surface area contributed by atoms with E-state index in [0.717, 1.165) is 105 Å². The number of rotatable bonds is 5. The maximum atomic E-state index is 18.0. The fourth-order valence-electron chi connectivity index (χ4n) is 12.3. The highest BCUT2D eigenvalue weighted by Crippen LogP contribution is 2.56. The number of aromatic nitrogens is 3. The lowest BCUT2D eigenvalue weighted by Gasteiger charge is -2.25. The second-order valence-electron chi connectivity index (χ2n) is 20.6. The van der Waals surface area contributed by atoms with Crippen molar-refractivity contribution in [1.82, 2.24) is 4.57 Å². The maximum absolute atomic E-state index is 18.0. The molecule has 0 fully saturated rings. The summed E-state index contributed by atoms with van der Waals surface area (Å²) in [4.78, 5) is 0. The predicted molar refractivity (Wildman–Crippen MR) is 287 cm³/mol. The molecule has 9 aromatic carbocycles. The predicted octanol–water partition coefficient (Wildman–Crippen LogP) is 15.1. The van der Waals surface area contributed by atoms with E-state index in [1.807, 2.05) is 32.9 Å². The first-order valence-corrected chi connectivity index (χ1v) is 27.9. The highest BCUT2D eigenvalue weighted by molar-refractivity contribution is 6.89. The van der Waals surface area contributed by atoms with E-state index < -0.39 is 19.6 Å². The molecule has 0 saturated heterocycles. The molecule has 14 rings (SSSR count). The van der Waals surface area contributed by atoms with Crippen LogP contribution in [-0.2, 0) is 5.66 Å².